The van der Waals surface area contributed by atoms with Gasteiger partial charge < -0.3 is 20.8 Å². The molecule has 0 saturated heterocycles. The summed E-state index contributed by atoms with van der Waals surface area (Å²) in [6, 6.07) is 0. The molecular weight excluding hydrogens is 259 g/mol. The van der Waals surface area contributed by atoms with Crippen LogP contribution >= 0.6 is 23.2 Å². The lowest BCUT2D eigenvalue weighted by molar-refractivity contribution is -0.121. The van der Waals surface area contributed by atoms with Gasteiger partial charge in [0.25, 0.3) is 0 Å². The second kappa shape index (κ2) is 8.58. The lowest BCUT2D eigenvalue weighted by atomic mass is 10.2. The molecule has 0 fully saturated rings. The van der Waals surface area contributed by atoms with Crippen molar-refractivity contribution in [2.75, 3.05) is 24.8 Å². The van der Waals surface area contributed by atoms with Crippen molar-refractivity contribution in [3.8, 4) is 0 Å². The van der Waals surface area contributed by atoms with E-state index in [0.29, 0.717) is 0 Å². The molecule has 2 amide bonds. The zero-order valence-electron chi connectivity index (χ0n) is 8.45. The van der Waals surface area contributed by atoms with Crippen molar-refractivity contribution in [1.29, 1.82) is 0 Å². The van der Waals surface area contributed by atoms with Crippen LogP contribution < -0.4 is 10.6 Å². The standard InChI is InChI=1S/C8H14Cl2N2O4/c9-1-7(15)11-3-5(13)6(14)4-12-8(16)2-10/h5-6,13-14H,1-4H2,(H,11,15)(H,12,16). The van der Waals surface area contributed by atoms with Gasteiger partial charge in [0.05, 0.1) is 12.2 Å². The van der Waals surface area contributed by atoms with Crippen molar-refractivity contribution >= 4 is 35.0 Å². The number of aliphatic hydroxyl groups excluding tert-OH is 2. The molecule has 0 aliphatic rings. The Kier molecular flexibility index (Phi) is 8.28. The third kappa shape index (κ3) is 6.84. The molecule has 0 rings (SSSR count). The highest BCUT2D eigenvalue weighted by atomic mass is 35.5. The normalized spacial score (nSPS) is 14.0. The summed E-state index contributed by atoms with van der Waals surface area (Å²) < 4.78 is 0. The number of carbonyl (C=O) groups is 2. The highest BCUT2D eigenvalue weighted by molar-refractivity contribution is 6.27. The molecule has 8 heteroatoms. The summed E-state index contributed by atoms with van der Waals surface area (Å²) in [7, 11) is 0. The molecule has 0 aromatic heterocycles. The minimum absolute atomic E-state index is 0.135. The lowest BCUT2D eigenvalue weighted by Gasteiger charge is -2.18. The smallest absolute Gasteiger partial charge is 0.235 e. The Labute approximate surface area is 103 Å². The molecule has 0 aliphatic heterocycles. The lowest BCUT2D eigenvalue weighted by Crippen LogP contribution is -2.45. The van der Waals surface area contributed by atoms with E-state index in [4.69, 9.17) is 23.2 Å². The van der Waals surface area contributed by atoms with Gasteiger partial charge in [-0.25, -0.2) is 0 Å². The molecule has 4 N–H and O–H groups in total. The van der Waals surface area contributed by atoms with Crippen LogP contribution in [0.15, 0.2) is 0 Å². The molecule has 16 heavy (non-hydrogen) atoms. The van der Waals surface area contributed by atoms with Gasteiger partial charge in [0.1, 0.15) is 11.8 Å². The number of hydrogen-bond acceptors (Lipinski definition) is 4. The quantitative estimate of drug-likeness (QED) is 0.421. The van der Waals surface area contributed by atoms with Crippen LogP contribution in [0.3, 0.4) is 0 Å². The Bertz CT molecular complexity index is 216. The molecule has 94 valence electrons. The Balaban J connectivity index is 3.76. The number of aliphatic hydroxyl groups is 2. The molecule has 2 unspecified atom stereocenters. The van der Waals surface area contributed by atoms with E-state index < -0.39 is 24.0 Å². The van der Waals surface area contributed by atoms with Gasteiger partial charge in [0.2, 0.25) is 11.8 Å². The first-order valence-corrected chi connectivity index (χ1v) is 5.59. The zero-order chi connectivity index (χ0) is 12.6. The maximum Gasteiger partial charge on any atom is 0.235 e. The summed E-state index contributed by atoms with van der Waals surface area (Å²) in [5, 5.41) is 23.3. The predicted molar refractivity (Wildman–Crippen MR) is 59.5 cm³/mol. The van der Waals surface area contributed by atoms with Crippen LogP contribution in [0, 0.1) is 0 Å². The van der Waals surface area contributed by atoms with Gasteiger partial charge in [-0.1, -0.05) is 0 Å². The monoisotopic (exact) mass is 272 g/mol. The van der Waals surface area contributed by atoms with E-state index in [-0.39, 0.29) is 24.8 Å². The van der Waals surface area contributed by atoms with Crippen LogP contribution in [-0.2, 0) is 9.59 Å². The van der Waals surface area contributed by atoms with Crippen molar-refractivity contribution in [1.82, 2.24) is 10.6 Å². The second-order valence-electron chi connectivity index (χ2n) is 3.01. The number of nitrogens with one attached hydrogen (secondary N) is 2. The van der Waals surface area contributed by atoms with E-state index in [1.165, 1.54) is 0 Å². The van der Waals surface area contributed by atoms with Crippen LogP contribution in [0.25, 0.3) is 0 Å². The SMILES string of the molecule is O=C(CCl)NCC(O)C(O)CNC(=O)CCl. The highest BCUT2D eigenvalue weighted by Gasteiger charge is 2.17. The van der Waals surface area contributed by atoms with E-state index in [9.17, 15) is 19.8 Å². The van der Waals surface area contributed by atoms with Crippen molar-refractivity contribution in [2.45, 2.75) is 12.2 Å². The predicted octanol–water partition coefficient (Wildman–Crippen LogP) is -1.58. The summed E-state index contributed by atoms with van der Waals surface area (Å²) in [4.78, 5) is 21.5. The van der Waals surface area contributed by atoms with E-state index >= 15 is 0 Å². The van der Waals surface area contributed by atoms with Gasteiger partial charge in [-0.2, -0.15) is 0 Å². The maximum atomic E-state index is 10.7. The Hall–Kier alpha value is -0.560. The average Bonchev–Trinajstić information content (AvgIpc) is 2.31. The first kappa shape index (κ1) is 15.4. The molecule has 0 aliphatic carbocycles. The van der Waals surface area contributed by atoms with E-state index in [2.05, 4.69) is 10.6 Å². The Morgan fingerprint density at radius 2 is 1.25 bits per heavy atom. The first-order valence-electron chi connectivity index (χ1n) is 4.52. The van der Waals surface area contributed by atoms with E-state index in [0.717, 1.165) is 0 Å². The fourth-order valence-corrected chi connectivity index (χ4v) is 0.992. The number of halogens is 2. The minimum Gasteiger partial charge on any atom is -0.389 e. The summed E-state index contributed by atoms with van der Waals surface area (Å²) in [5.41, 5.74) is 0. The van der Waals surface area contributed by atoms with Crippen molar-refractivity contribution in [3.05, 3.63) is 0 Å². The van der Waals surface area contributed by atoms with Gasteiger partial charge in [0, 0.05) is 13.1 Å². The molecule has 0 saturated carbocycles. The molecule has 0 heterocycles. The van der Waals surface area contributed by atoms with Crippen molar-refractivity contribution in [2.24, 2.45) is 0 Å². The number of rotatable bonds is 7. The molecule has 0 aromatic carbocycles. The van der Waals surface area contributed by atoms with E-state index in [1.807, 2.05) is 0 Å². The van der Waals surface area contributed by atoms with Gasteiger partial charge in [-0.15, -0.1) is 23.2 Å². The van der Waals surface area contributed by atoms with Crippen LogP contribution in [-0.4, -0.2) is 59.1 Å². The Morgan fingerprint density at radius 3 is 1.50 bits per heavy atom. The third-order valence-electron chi connectivity index (χ3n) is 1.70. The van der Waals surface area contributed by atoms with Crippen molar-refractivity contribution in [3.63, 3.8) is 0 Å². The zero-order valence-corrected chi connectivity index (χ0v) is 9.96. The largest absolute Gasteiger partial charge is 0.389 e. The van der Waals surface area contributed by atoms with Gasteiger partial charge in [-0.3, -0.25) is 9.59 Å². The van der Waals surface area contributed by atoms with Crippen LogP contribution in [0.5, 0.6) is 0 Å². The number of alkyl halides is 2. The van der Waals surface area contributed by atoms with Crippen molar-refractivity contribution < 1.29 is 19.8 Å². The molecular formula is C8H14Cl2N2O4. The first-order chi connectivity index (χ1) is 7.51. The van der Waals surface area contributed by atoms with Crippen LogP contribution in [0.2, 0.25) is 0 Å². The minimum atomic E-state index is -1.18. The second-order valence-corrected chi connectivity index (χ2v) is 3.54. The molecule has 0 bridgehead atoms. The van der Waals surface area contributed by atoms with Crippen LogP contribution in [0.4, 0.5) is 0 Å². The average molecular weight is 273 g/mol. The number of amides is 2. The number of hydrogen-bond donors (Lipinski definition) is 4. The van der Waals surface area contributed by atoms with Gasteiger partial charge >= 0.3 is 0 Å². The highest BCUT2D eigenvalue weighted by Crippen LogP contribution is 1.91. The summed E-state index contributed by atoms with van der Waals surface area (Å²) in [5.74, 6) is -1.33. The van der Waals surface area contributed by atoms with Gasteiger partial charge in [-0.05, 0) is 0 Å². The summed E-state index contributed by atoms with van der Waals surface area (Å²) in [6.07, 6.45) is -2.36. The van der Waals surface area contributed by atoms with Crippen LogP contribution in [0.1, 0.15) is 0 Å². The fourth-order valence-electron chi connectivity index (χ4n) is 0.803. The topological polar surface area (TPSA) is 98.7 Å². The molecule has 6 nitrogen and oxygen atoms in total. The maximum absolute atomic E-state index is 10.7. The molecule has 0 aromatic rings. The van der Waals surface area contributed by atoms with Gasteiger partial charge in [0.15, 0.2) is 0 Å². The Morgan fingerprint density at radius 1 is 0.938 bits per heavy atom. The third-order valence-corrected chi connectivity index (χ3v) is 2.19. The van der Waals surface area contributed by atoms with E-state index in [1.54, 1.807) is 0 Å². The number of carbonyl (C=O) groups excluding carboxylic acids is 2. The molecule has 2 atom stereocenters. The molecule has 0 radical (unpaired) electrons. The summed E-state index contributed by atoms with van der Waals surface area (Å²) in [6.45, 7) is -0.271. The fraction of sp³-hybridized carbons (Fsp3) is 0.750. The summed E-state index contributed by atoms with van der Waals surface area (Å²) >= 11 is 10.4. The molecule has 0 spiro atoms.